The number of rotatable bonds is 2. The zero-order valence-electron chi connectivity index (χ0n) is 8.95. The Labute approximate surface area is 108 Å². The van der Waals surface area contributed by atoms with Crippen molar-refractivity contribution in [3.8, 4) is 5.69 Å². The van der Waals surface area contributed by atoms with E-state index < -0.39 is 5.97 Å². The molecule has 0 radical (unpaired) electrons. The van der Waals surface area contributed by atoms with E-state index in [4.69, 9.17) is 28.3 Å². The molecule has 0 fully saturated rings. The van der Waals surface area contributed by atoms with Crippen molar-refractivity contribution in [3.63, 3.8) is 0 Å². The lowest BCUT2D eigenvalue weighted by Crippen LogP contribution is -2.01. The molecule has 17 heavy (non-hydrogen) atoms. The highest BCUT2D eigenvalue weighted by molar-refractivity contribution is 6.42. The van der Waals surface area contributed by atoms with Crippen LogP contribution >= 0.6 is 23.2 Å². The van der Waals surface area contributed by atoms with Crippen LogP contribution in [0.3, 0.4) is 0 Å². The van der Waals surface area contributed by atoms with Gasteiger partial charge in [0.1, 0.15) is 0 Å². The Morgan fingerprint density at radius 1 is 1.24 bits per heavy atom. The fraction of sp³-hybridized carbons (Fsp3) is 0.0833. The third-order valence-corrected chi connectivity index (χ3v) is 3.29. The molecular weight excluding hydrogens is 261 g/mol. The van der Waals surface area contributed by atoms with Crippen molar-refractivity contribution in [2.75, 3.05) is 0 Å². The van der Waals surface area contributed by atoms with Crippen LogP contribution in [0.4, 0.5) is 0 Å². The molecule has 0 aliphatic carbocycles. The first-order valence-corrected chi connectivity index (χ1v) is 5.63. The SMILES string of the molecule is Cc1c(C(=O)O)ccn1-c1ccc(Cl)c(Cl)c1. The quantitative estimate of drug-likeness (QED) is 0.902. The maximum absolute atomic E-state index is 10.9. The molecule has 0 aliphatic heterocycles. The van der Waals surface area contributed by atoms with Gasteiger partial charge in [-0.1, -0.05) is 23.2 Å². The third kappa shape index (κ3) is 2.16. The Hall–Kier alpha value is -1.45. The van der Waals surface area contributed by atoms with E-state index in [1.54, 1.807) is 42.0 Å². The summed E-state index contributed by atoms with van der Waals surface area (Å²) in [7, 11) is 0. The molecule has 88 valence electrons. The second-order valence-electron chi connectivity index (χ2n) is 3.59. The molecule has 1 aromatic heterocycles. The molecule has 1 N–H and O–H groups in total. The number of carbonyl (C=O) groups is 1. The molecule has 2 aromatic rings. The Kier molecular flexibility index (Phi) is 3.13. The number of aromatic nitrogens is 1. The molecule has 0 bridgehead atoms. The van der Waals surface area contributed by atoms with Gasteiger partial charge in [-0.15, -0.1) is 0 Å². The molecule has 3 nitrogen and oxygen atoms in total. The molecule has 0 saturated heterocycles. The summed E-state index contributed by atoms with van der Waals surface area (Å²) in [5, 5.41) is 9.87. The second kappa shape index (κ2) is 4.43. The Morgan fingerprint density at radius 2 is 1.94 bits per heavy atom. The Balaban J connectivity index is 2.53. The van der Waals surface area contributed by atoms with E-state index in [-0.39, 0.29) is 5.56 Å². The van der Waals surface area contributed by atoms with E-state index in [0.717, 1.165) is 5.69 Å². The molecule has 0 aliphatic rings. The van der Waals surface area contributed by atoms with Crippen molar-refractivity contribution < 1.29 is 9.90 Å². The summed E-state index contributed by atoms with van der Waals surface area (Å²) in [4.78, 5) is 10.9. The van der Waals surface area contributed by atoms with Gasteiger partial charge < -0.3 is 9.67 Å². The minimum atomic E-state index is -0.943. The summed E-state index contributed by atoms with van der Waals surface area (Å²) in [5.41, 5.74) is 1.70. The van der Waals surface area contributed by atoms with Crippen molar-refractivity contribution in [3.05, 3.63) is 51.8 Å². The van der Waals surface area contributed by atoms with E-state index in [1.165, 1.54) is 0 Å². The second-order valence-corrected chi connectivity index (χ2v) is 4.40. The van der Waals surface area contributed by atoms with E-state index in [2.05, 4.69) is 0 Å². The highest BCUT2D eigenvalue weighted by atomic mass is 35.5. The van der Waals surface area contributed by atoms with Crippen LogP contribution in [-0.2, 0) is 0 Å². The van der Waals surface area contributed by atoms with Crippen molar-refractivity contribution >= 4 is 29.2 Å². The fourth-order valence-electron chi connectivity index (χ4n) is 1.65. The van der Waals surface area contributed by atoms with Crippen molar-refractivity contribution in [2.24, 2.45) is 0 Å². The highest BCUT2D eigenvalue weighted by Crippen LogP contribution is 2.26. The number of hydrogen-bond acceptors (Lipinski definition) is 1. The first-order valence-electron chi connectivity index (χ1n) is 4.87. The van der Waals surface area contributed by atoms with Gasteiger partial charge in [-0.05, 0) is 31.2 Å². The van der Waals surface area contributed by atoms with Crippen molar-refractivity contribution in [1.82, 2.24) is 4.57 Å². The van der Waals surface area contributed by atoms with Gasteiger partial charge in [0.2, 0.25) is 0 Å². The average molecular weight is 270 g/mol. The lowest BCUT2D eigenvalue weighted by Gasteiger charge is -2.07. The lowest BCUT2D eigenvalue weighted by molar-refractivity contribution is 0.0696. The smallest absolute Gasteiger partial charge is 0.337 e. The lowest BCUT2D eigenvalue weighted by atomic mass is 10.2. The summed E-state index contributed by atoms with van der Waals surface area (Å²) in [6.45, 7) is 1.74. The van der Waals surface area contributed by atoms with E-state index in [1.807, 2.05) is 0 Å². The monoisotopic (exact) mass is 269 g/mol. The van der Waals surface area contributed by atoms with Gasteiger partial charge in [-0.25, -0.2) is 4.79 Å². The van der Waals surface area contributed by atoms with Gasteiger partial charge in [-0.2, -0.15) is 0 Å². The van der Waals surface area contributed by atoms with Crippen molar-refractivity contribution in [2.45, 2.75) is 6.92 Å². The minimum Gasteiger partial charge on any atom is -0.478 e. The van der Waals surface area contributed by atoms with E-state index in [0.29, 0.717) is 15.7 Å². The molecule has 1 aromatic carbocycles. The molecule has 0 spiro atoms. The third-order valence-electron chi connectivity index (χ3n) is 2.55. The Morgan fingerprint density at radius 3 is 2.47 bits per heavy atom. The van der Waals surface area contributed by atoms with Crippen LogP contribution < -0.4 is 0 Å². The van der Waals surface area contributed by atoms with Crippen LogP contribution in [0.5, 0.6) is 0 Å². The molecule has 0 saturated carbocycles. The molecule has 0 amide bonds. The molecule has 0 unspecified atom stereocenters. The molecule has 0 atom stereocenters. The van der Waals surface area contributed by atoms with Crippen LogP contribution in [0.15, 0.2) is 30.5 Å². The summed E-state index contributed by atoms with van der Waals surface area (Å²) in [5.74, 6) is -0.943. The van der Waals surface area contributed by atoms with Gasteiger partial charge in [0.15, 0.2) is 0 Å². The number of carboxylic acids is 1. The molecule has 5 heteroatoms. The standard InChI is InChI=1S/C12H9Cl2NO2/c1-7-9(12(16)17)4-5-15(7)8-2-3-10(13)11(14)6-8/h2-6H,1H3,(H,16,17). The zero-order valence-corrected chi connectivity index (χ0v) is 10.5. The predicted molar refractivity (Wildman–Crippen MR) is 67.5 cm³/mol. The maximum Gasteiger partial charge on any atom is 0.337 e. The fourth-order valence-corrected chi connectivity index (χ4v) is 1.94. The number of nitrogens with zero attached hydrogens (tertiary/aromatic N) is 1. The van der Waals surface area contributed by atoms with Gasteiger partial charge in [-0.3, -0.25) is 0 Å². The normalized spacial score (nSPS) is 10.5. The van der Waals surface area contributed by atoms with Crippen LogP contribution in [-0.4, -0.2) is 15.6 Å². The van der Waals surface area contributed by atoms with Crippen LogP contribution in [0, 0.1) is 6.92 Å². The van der Waals surface area contributed by atoms with E-state index in [9.17, 15) is 4.79 Å². The van der Waals surface area contributed by atoms with Gasteiger partial charge in [0, 0.05) is 17.6 Å². The molecule has 1 heterocycles. The van der Waals surface area contributed by atoms with Crippen molar-refractivity contribution in [1.29, 1.82) is 0 Å². The summed E-state index contributed by atoms with van der Waals surface area (Å²) in [6.07, 6.45) is 1.69. The van der Waals surface area contributed by atoms with Crippen LogP contribution in [0.25, 0.3) is 5.69 Å². The van der Waals surface area contributed by atoms with E-state index >= 15 is 0 Å². The minimum absolute atomic E-state index is 0.274. The summed E-state index contributed by atoms with van der Waals surface area (Å²) < 4.78 is 1.76. The first kappa shape index (κ1) is 12.0. The predicted octanol–water partition coefficient (Wildman–Crippen LogP) is 3.79. The van der Waals surface area contributed by atoms with Crippen LogP contribution in [0.2, 0.25) is 10.0 Å². The number of hydrogen-bond donors (Lipinski definition) is 1. The van der Waals surface area contributed by atoms with Crippen LogP contribution in [0.1, 0.15) is 16.1 Å². The largest absolute Gasteiger partial charge is 0.478 e. The van der Waals surface area contributed by atoms with Gasteiger partial charge >= 0.3 is 5.97 Å². The number of benzene rings is 1. The highest BCUT2D eigenvalue weighted by Gasteiger charge is 2.12. The van der Waals surface area contributed by atoms with Gasteiger partial charge in [0.25, 0.3) is 0 Å². The molecular formula is C12H9Cl2NO2. The maximum atomic E-state index is 10.9. The molecule has 2 rings (SSSR count). The zero-order chi connectivity index (χ0) is 12.6. The summed E-state index contributed by atoms with van der Waals surface area (Å²) in [6, 6.07) is 6.72. The average Bonchev–Trinajstić information content (AvgIpc) is 2.64. The topological polar surface area (TPSA) is 42.2 Å². The number of carboxylic acid groups (broad SMARTS) is 1. The Bertz CT molecular complexity index is 590. The van der Waals surface area contributed by atoms with Gasteiger partial charge in [0.05, 0.1) is 15.6 Å². The number of aromatic carboxylic acids is 1. The number of halogens is 2. The summed E-state index contributed by atoms with van der Waals surface area (Å²) >= 11 is 11.8. The first-order chi connectivity index (χ1) is 8.00.